The van der Waals surface area contributed by atoms with Gasteiger partial charge in [0.25, 0.3) is 0 Å². The molecule has 1 aromatic rings. The first-order valence-electron chi connectivity index (χ1n) is 7.20. The van der Waals surface area contributed by atoms with E-state index in [9.17, 15) is 0 Å². The highest BCUT2D eigenvalue weighted by atomic mass is 16.5. The van der Waals surface area contributed by atoms with Crippen LogP contribution in [0, 0.1) is 0 Å². The van der Waals surface area contributed by atoms with Crippen molar-refractivity contribution < 1.29 is 4.74 Å². The van der Waals surface area contributed by atoms with Gasteiger partial charge in [0.05, 0.1) is 12.2 Å². The van der Waals surface area contributed by atoms with Crippen LogP contribution < -0.4 is 0 Å². The molecule has 19 heavy (non-hydrogen) atoms. The summed E-state index contributed by atoms with van der Waals surface area (Å²) in [6.07, 6.45) is 9.50. The number of hydrogen-bond donors (Lipinski definition) is 0. The lowest BCUT2D eigenvalue weighted by atomic mass is 9.73. The van der Waals surface area contributed by atoms with E-state index in [2.05, 4.69) is 43.5 Å². The van der Waals surface area contributed by atoms with Crippen molar-refractivity contribution >= 4 is 0 Å². The lowest BCUT2D eigenvalue weighted by molar-refractivity contribution is -0.0602. The van der Waals surface area contributed by atoms with Gasteiger partial charge < -0.3 is 4.74 Å². The molecule has 1 aromatic carbocycles. The van der Waals surface area contributed by atoms with Gasteiger partial charge in [0.2, 0.25) is 0 Å². The average molecular weight is 256 g/mol. The van der Waals surface area contributed by atoms with Gasteiger partial charge in [0.15, 0.2) is 0 Å². The maximum Gasteiger partial charge on any atom is 0.0726 e. The molecule has 0 saturated heterocycles. The lowest BCUT2D eigenvalue weighted by Crippen LogP contribution is -2.37. The second kappa shape index (κ2) is 6.72. The molecule has 1 fully saturated rings. The summed E-state index contributed by atoms with van der Waals surface area (Å²) in [6.45, 7) is 8.30. The first kappa shape index (κ1) is 14.1. The van der Waals surface area contributed by atoms with Gasteiger partial charge in [-0.05, 0) is 43.6 Å². The van der Waals surface area contributed by atoms with Crippen molar-refractivity contribution in [3.8, 4) is 0 Å². The number of benzene rings is 1. The molecule has 2 rings (SSSR count). The SMILES string of the molecule is C=CCO[C@@]1(CC=C)CCC[C@H](c2ccccc2)C1. The van der Waals surface area contributed by atoms with Crippen LogP contribution in [0.5, 0.6) is 0 Å². The number of hydrogen-bond acceptors (Lipinski definition) is 1. The first-order chi connectivity index (χ1) is 9.29. The molecule has 0 aliphatic heterocycles. The van der Waals surface area contributed by atoms with Crippen LogP contribution in [-0.4, -0.2) is 12.2 Å². The Kier molecular flexibility index (Phi) is 4.98. The lowest BCUT2D eigenvalue weighted by Gasteiger charge is -2.40. The second-order valence-corrected chi connectivity index (χ2v) is 5.48. The van der Waals surface area contributed by atoms with Crippen molar-refractivity contribution in [2.45, 2.75) is 43.6 Å². The number of rotatable bonds is 6. The van der Waals surface area contributed by atoms with Crippen LogP contribution in [0.1, 0.15) is 43.6 Å². The normalized spacial score (nSPS) is 26.8. The van der Waals surface area contributed by atoms with E-state index in [1.807, 2.05) is 12.2 Å². The predicted octanol–water partition coefficient (Wildman–Crippen LogP) is 4.86. The van der Waals surface area contributed by atoms with Crippen LogP contribution in [0.25, 0.3) is 0 Å². The zero-order chi connectivity index (χ0) is 13.6. The van der Waals surface area contributed by atoms with Gasteiger partial charge in [-0.2, -0.15) is 0 Å². The summed E-state index contributed by atoms with van der Waals surface area (Å²) in [7, 11) is 0. The first-order valence-corrected chi connectivity index (χ1v) is 7.20. The maximum atomic E-state index is 6.12. The van der Waals surface area contributed by atoms with Gasteiger partial charge in [0.1, 0.15) is 0 Å². The Labute approximate surface area is 117 Å². The number of ether oxygens (including phenoxy) is 1. The summed E-state index contributed by atoms with van der Waals surface area (Å²) in [5, 5.41) is 0. The minimum atomic E-state index is -0.0330. The van der Waals surface area contributed by atoms with Crippen LogP contribution in [0.15, 0.2) is 55.6 Å². The van der Waals surface area contributed by atoms with Crippen LogP contribution in [-0.2, 0) is 4.74 Å². The molecule has 1 saturated carbocycles. The summed E-state index contributed by atoms with van der Waals surface area (Å²) in [5.41, 5.74) is 1.41. The minimum absolute atomic E-state index is 0.0330. The summed E-state index contributed by atoms with van der Waals surface area (Å²) in [6, 6.07) is 10.8. The van der Waals surface area contributed by atoms with Crippen LogP contribution in [0.4, 0.5) is 0 Å². The van der Waals surface area contributed by atoms with E-state index in [1.54, 1.807) is 0 Å². The van der Waals surface area contributed by atoms with E-state index in [0.29, 0.717) is 12.5 Å². The summed E-state index contributed by atoms with van der Waals surface area (Å²) in [5.74, 6) is 0.611. The topological polar surface area (TPSA) is 9.23 Å². The molecule has 0 spiro atoms. The Morgan fingerprint density at radius 2 is 2.00 bits per heavy atom. The van der Waals surface area contributed by atoms with Crippen molar-refractivity contribution in [2.24, 2.45) is 0 Å². The monoisotopic (exact) mass is 256 g/mol. The van der Waals surface area contributed by atoms with Crippen molar-refractivity contribution in [2.75, 3.05) is 6.61 Å². The molecule has 0 heterocycles. The highest BCUT2D eigenvalue weighted by Gasteiger charge is 2.36. The quantitative estimate of drug-likeness (QED) is 0.660. The van der Waals surface area contributed by atoms with Gasteiger partial charge in [-0.25, -0.2) is 0 Å². The van der Waals surface area contributed by atoms with Crippen molar-refractivity contribution in [1.29, 1.82) is 0 Å². The van der Waals surface area contributed by atoms with Crippen LogP contribution in [0.3, 0.4) is 0 Å². The minimum Gasteiger partial charge on any atom is -0.371 e. The molecule has 1 aliphatic rings. The van der Waals surface area contributed by atoms with Crippen molar-refractivity contribution in [1.82, 2.24) is 0 Å². The van der Waals surface area contributed by atoms with E-state index < -0.39 is 0 Å². The molecule has 1 aliphatic carbocycles. The van der Waals surface area contributed by atoms with E-state index in [-0.39, 0.29) is 5.60 Å². The van der Waals surface area contributed by atoms with Gasteiger partial charge in [-0.1, -0.05) is 42.5 Å². The fraction of sp³-hybridized carbons (Fsp3) is 0.444. The molecule has 0 radical (unpaired) electrons. The Morgan fingerprint density at radius 3 is 2.68 bits per heavy atom. The zero-order valence-corrected chi connectivity index (χ0v) is 11.7. The molecule has 0 unspecified atom stereocenters. The van der Waals surface area contributed by atoms with Crippen molar-refractivity contribution in [3.05, 3.63) is 61.2 Å². The second-order valence-electron chi connectivity index (χ2n) is 5.48. The fourth-order valence-electron chi connectivity index (χ4n) is 3.21. The predicted molar refractivity (Wildman–Crippen MR) is 81.3 cm³/mol. The van der Waals surface area contributed by atoms with Gasteiger partial charge in [-0.3, -0.25) is 0 Å². The van der Waals surface area contributed by atoms with Gasteiger partial charge in [0, 0.05) is 0 Å². The summed E-state index contributed by atoms with van der Waals surface area (Å²) >= 11 is 0. The standard InChI is InChI=1S/C18H24O/c1-3-12-18(19-14-4-2)13-8-11-17(15-18)16-9-6-5-7-10-16/h3-7,9-10,17H,1-2,8,11-15H2/t17-,18-/m0/s1. The molecular formula is C18H24O. The van der Waals surface area contributed by atoms with Gasteiger partial charge >= 0.3 is 0 Å². The van der Waals surface area contributed by atoms with E-state index in [0.717, 1.165) is 19.3 Å². The molecule has 2 atom stereocenters. The highest BCUT2D eigenvalue weighted by Crippen LogP contribution is 2.42. The largest absolute Gasteiger partial charge is 0.371 e. The molecule has 0 bridgehead atoms. The van der Waals surface area contributed by atoms with E-state index in [4.69, 9.17) is 4.74 Å². The van der Waals surface area contributed by atoms with Crippen molar-refractivity contribution in [3.63, 3.8) is 0 Å². The smallest absolute Gasteiger partial charge is 0.0726 e. The van der Waals surface area contributed by atoms with Crippen LogP contribution in [0.2, 0.25) is 0 Å². The van der Waals surface area contributed by atoms with Gasteiger partial charge in [-0.15, -0.1) is 13.2 Å². The Balaban J connectivity index is 2.12. The Morgan fingerprint density at radius 1 is 1.21 bits per heavy atom. The summed E-state index contributed by atoms with van der Waals surface area (Å²) in [4.78, 5) is 0. The summed E-state index contributed by atoms with van der Waals surface area (Å²) < 4.78 is 6.12. The third-order valence-electron chi connectivity index (χ3n) is 4.10. The molecule has 1 nitrogen and oxygen atoms in total. The molecule has 0 amide bonds. The Bertz CT molecular complexity index is 409. The molecule has 0 aromatic heterocycles. The zero-order valence-electron chi connectivity index (χ0n) is 11.7. The van der Waals surface area contributed by atoms with E-state index in [1.165, 1.54) is 18.4 Å². The van der Waals surface area contributed by atoms with Crippen LogP contribution >= 0.6 is 0 Å². The molecule has 102 valence electrons. The molecule has 1 heteroatoms. The molecule has 0 N–H and O–H groups in total. The Hall–Kier alpha value is -1.34. The molecular weight excluding hydrogens is 232 g/mol. The average Bonchev–Trinajstić information content (AvgIpc) is 2.47. The third kappa shape index (κ3) is 3.57. The highest BCUT2D eigenvalue weighted by molar-refractivity contribution is 5.21. The third-order valence-corrected chi connectivity index (χ3v) is 4.10. The fourth-order valence-corrected chi connectivity index (χ4v) is 3.21. The maximum absolute atomic E-state index is 6.12. The van der Waals surface area contributed by atoms with E-state index >= 15 is 0 Å².